The van der Waals surface area contributed by atoms with Gasteiger partial charge in [-0.2, -0.15) is 0 Å². The molecule has 2 aromatic carbocycles. The first kappa shape index (κ1) is 18.2. The fourth-order valence-corrected chi connectivity index (χ4v) is 3.67. The van der Waals surface area contributed by atoms with Crippen LogP contribution in [0.15, 0.2) is 73.1 Å². The number of rotatable bonds is 3. The molecule has 0 atom stereocenters. The van der Waals surface area contributed by atoms with Crippen LogP contribution in [0, 0.1) is 0 Å². The van der Waals surface area contributed by atoms with E-state index in [2.05, 4.69) is 24.8 Å². The van der Waals surface area contributed by atoms with Crippen molar-refractivity contribution in [2.24, 2.45) is 0 Å². The van der Waals surface area contributed by atoms with Crippen LogP contribution < -0.4 is 4.90 Å². The summed E-state index contributed by atoms with van der Waals surface area (Å²) < 4.78 is 0. The Balaban J connectivity index is 1.45. The highest BCUT2D eigenvalue weighted by molar-refractivity contribution is 6.05. The van der Waals surface area contributed by atoms with Crippen molar-refractivity contribution in [1.82, 2.24) is 24.8 Å². The minimum absolute atomic E-state index is 0.0700. The maximum atomic E-state index is 13.4. The molecule has 0 spiro atoms. The van der Waals surface area contributed by atoms with Gasteiger partial charge in [0.05, 0.1) is 5.52 Å². The van der Waals surface area contributed by atoms with Gasteiger partial charge in [-0.25, -0.2) is 19.9 Å². The minimum atomic E-state index is -0.0700. The molecule has 5 rings (SSSR count). The quantitative estimate of drug-likeness (QED) is 0.530. The van der Waals surface area contributed by atoms with Crippen LogP contribution in [0.1, 0.15) is 10.5 Å². The molecule has 0 bridgehead atoms. The number of anilines is 1. The Hall–Kier alpha value is -3.87. The van der Waals surface area contributed by atoms with Gasteiger partial charge >= 0.3 is 0 Å². The van der Waals surface area contributed by atoms with Gasteiger partial charge < -0.3 is 9.80 Å². The van der Waals surface area contributed by atoms with E-state index in [0.717, 1.165) is 16.5 Å². The first-order valence-electron chi connectivity index (χ1n) is 9.93. The van der Waals surface area contributed by atoms with Gasteiger partial charge in [-0.05, 0) is 12.1 Å². The lowest BCUT2D eigenvalue weighted by molar-refractivity contribution is 0.0742. The summed E-state index contributed by atoms with van der Waals surface area (Å²) in [5.41, 5.74) is 2.11. The first-order chi connectivity index (χ1) is 14.8. The molecule has 0 unspecified atom stereocenters. The molecule has 148 valence electrons. The van der Waals surface area contributed by atoms with Gasteiger partial charge in [-0.1, -0.05) is 48.5 Å². The topological polar surface area (TPSA) is 75.1 Å². The molecule has 1 aliphatic rings. The van der Waals surface area contributed by atoms with Gasteiger partial charge in [0, 0.05) is 49.5 Å². The second-order valence-electron chi connectivity index (χ2n) is 7.11. The Morgan fingerprint density at radius 1 is 0.767 bits per heavy atom. The summed E-state index contributed by atoms with van der Waals surface area (Å²) in [5.74, 6) is 1.19. The standard InChI is InChI=1S/C23H20N6O/c30-22(28-13-15-29(16-14-28)23-24-11-6-12-25-23)20-18-9-4-5-10-19(18)26-21(27-20)17-7-2-1-3-8-17/h1-12H,13-16H2. The van der Waals surface area contributed by atoms with E-state index in [9.17, 15) is 4.79 Å². The number of benzene rings is 2. The Bertz CT molecular complexity index is 1170. The molecule has 4 aromatic rings. The van der Waals surface area contributed by atoms with Crippen LogP contribution in [0.2, 0.25) is 0 Å². The third-order valence-electron chi connectivity index (χ3n) is 5.24. The molecule has 2 aromatic heterocycles. The monoisotopic (exact) mass is 396 g/mol. The second kappa shape index (κ2) is 7.87. The molecular formula is C23H20N6O. The van der Waals surface area contributed by atoms with Crippen molar-refractivity contribution >= 4 is 22.8 Å². The van der Waals surface area contributed by atoms with Gasteiger partial charge in [0.15, 0.2) is 5.82 Å². The Kier molecular flexibility index (Phi) is 4.77. The Morgan fingerprint density at radius 2 is 1.47 bits per heavy atom. The molecule has 1 fully saturated rings. The van der Waals surface area contributed by atoms with Crippen LogP contribution in [0.5, 0.6) is 0 Å². The number of hydrogen-bond acceptors (Lipinski definition) is 6. The van der Waals surface area contributed by atoms with E-state index in [1.807, 2.05) is 59.5 Å². The smallest absolute Gasteiger partial charge is 0.273 e. The van der Waals surface area contributed by atoms with Crippen LogP contribution in [-0.4, -0.2) is 56.9 Å². The summed E-state index contributed by atoms with van der Waals surface area (Å²) >= 11 is 0. The normalized spacial score (nSPS) is 14.1. The molecule has 0 radical (unpaired) electrons. The van der Waals surface area contributed by atoms with Crippen LogP contribution in [0.3, 0.4) is 0 Å². The highest BCUT2D eigenvalue weighted by Gasteiger charge is 2.26. The highest BCUT2D eigenvalue weighted by Crippen LogP contribution is 2.23. The van der Waals surface area contributed by atoms with E-state index >= 15 is 0 Å². The summed E-state index contributed by atoms with van der Waals surface area (Å²) in [7, 11) is 0. The Morgan fingerprint density at radius 3 is 2.23 bits per heavy atom. The van der Waals surface area contributed by atoms with Crippen LogP contribution in [0.4, 0.5) is 5.95 Å². The molecule has 1 saturated heterocycles. The van der Waals surface area contributed by atoms with E-state index in [-0.39, 0.29) is 5.91 Å². The van der Waals surface area contributed by atoms with E-state index in [0.29, 0.717) is 43.6 Å². The highest BCUT2D eigenvalue weighted by atomic mass is 16.2. The summed E-state index contributed by atoms with van der Waals surface area (Å²) in [5, 5.41) is 0.774. The van der Waals surface area contributed by atoms with Crippen molar-refractivity contribution in [3.63, 3.8) is 0 Å². The number of carbonyl (C=O) groups is 1. The summed E-state index contributed by atoms with van der Waals surface area (Å²) in [6.45, 7) is 2.56. The van der Waals surface area contributed by atoms with Gasteiger partial charge in [-0.3, -0.25) is 4.79 Å². The van der Waals surface area contributed by atoms with Gasteiger partial charge in [0.2, 0.25) is 5.95 Å². The number of aromatic nitrogens is 4. The van der Waals surface area contributed by atoms with Crippen molar-refractivity contribution in [2.75, 3.05) is 31.1 Å². The van der Waals surface area contributed by atoms with Crippen molar-refractivity contribution < 1.29 is 4.79 Å². The Labute approximate surface area is 174 Å². The molecule has 0 saturated carbocycles. The summed E-state index contributed by atoms with van der Waals surface area (Å²) in [6.07, 6.45) is 3.47. The lowest BCUT2D eigenvalue weighted by atomic mass is 10.1. The molecule has 3 heterocycles. The lowest BCUT2D eigenvalue weighted by Gasteiger charge is -2.34. The molecular weight excluding hydrogens is 376 g/mol. The van der Waals surface area contributed by atoms with Gasteiger partial charge in [-0.15, -0.1) is 0 Å². The minimum Gasteiger partial charge on any atom is -0.337 e. The average Bonchev–Trinajstić information content (AvgIpc) is 2.84. The maximum absolute atomic E-state index is 13.4. The summed E-state index contributed by atoms with van der Waals surface area (Å²) in [6, 6.07) is 19.2. The largest absolute Gasteiger partial charge is 0.337 e. The zero-order valence-corrected chi connectivity index (χ0v) is 16.3. The van der Waals surface area contributed by atoms with E-state index < -0.39 is 0 Å². The number of carbonyl (C=O) groups excluding carboxylic acids is 1. The molecule has 1 aliphatic heterocycles. The number of nitrogens with zero attached hydrogens (tertiary/aromatic N) is 6. The zero-order valence-electron chi connectivity index (χ0n) is 16.3. The number of piperazine rings is 1. The predicted octanol–water partition coefficient (Wildman–Crippen LogP) is 3.05. The molecule has 7 nitrogen and oxygen atoms in total. The molecule has 0 N–H and O–H groups in total. The predicted molar refractivity (Wildman–Crippen MR) is 115 cm³/mol. The van der Waals surface area contributed by atoms with Crippen molar-refractivity contribution in [1.29, 1.82) is 0 Å². The third kappa shape index (κ3) is 3.45. The number of hydrogen-bond donors (Lipinski definition) is 0. The zero-order chi connectivity index (χ0) is 20.3. The molecule has 30 heavy (non-hydrogen) atoms. The fraction of sp³-hybridized carbons (Fsp3) is 0.174. The first-order valence-corrected chi connectivity index (χ1v) is 9.93. The van der Waals surface area contributed by atoms with Crippen molar-refractivity contribution in [3.05, 3.63) is 78.8 Å². The van der Waals surface area contributed by atoms with E-state index in [1.54, 1.807) is 18.5 Å². The van der Waals surface area contributed by atoms with Gasteiger partial charge in [0.25, 0.3) is 5.91 Å². The third-order valence-corrected chi connectivity index (χ3v) is 5.24. The van der Waals surface area contributed by atoms with E-state index in [1.165, 1.54) is 0 Å². The number of fused-ring (bicyclic) bond motifs is 1. The van der Waals surface area contributed by atoms with Crippen LogP contribution in [-0.2, 0) is 0 Å². The van der Waals surface area contributed by atoms with E-state index in [4.69, 9.17) is 0 Å². The van der Waals surface area contributed by atoms with Gasteiger partial charge in [0.1, 0.15) is 5.69 Å². The fourth-order valence-electron chi connectivity index (χ4n) is 3.67. The molecule has 7 heteroatoms. The average molecular weight is 396 g/mol. The summed E-state index contributed by atoms with van der Waals surface area (Å²) in [4.78, 5) is 35.3. The van der Waals surface area contributed by atoms with Crippen LogP contribution >= 0.6 is 0 Å². The number of para-hydroxylation sites is 1. The lowest BCUT2D eigenvalue weighted by Crippen LogP contribution is -2.49. The number of amides is 1. The second-order valence-corrected chi connectivity index (χ2v) is 7.11. The van der Waals surface area contributed by atoms with Crippen molar-refractivity contribution in [2.45, 2.75) is 0 Å². The van der Waals surface area contributed by atoms with Crippen LogP contribution in [0.25, 0.3) is 22.3 Å². The maximum Gasteiger partial charge on any atom is 0.273 e. The molecule has 0 aliphatic carbocycles. The SMILES string of the molecule is O=C(c1nc(-c2ccccc2)nc2ccccc12)N1CCN(c2ncccn2)CC1. The van der Waals surface area contributed by atoms with Crippen molar-refractivity contribution in [3.8, 4) is 11.4 Å². The molecule has 1 amide bonds.